The predicted octanol–water partition coefficient (Wildman–Crippen LogP) is 2.53. The topological polar surface area (TPSA) is 55.8 Å². The number of hydrogen-bond acceptors (Lipinski definition) is 4. The minimum Gasteiger partial charge on any atom is -0.454 e. The van der Waals surface area contributed by atoms with Crippen molar-refractivity contribution in [3.8, 4) is 11.5 Å². The summed E-state index contributed by atoms with van der Waals surface area (Å²) in [6.45, 7) is 0.485. The van der Waals surface area contributed by atoms with Gasteiger partial charge >= 0.3 is 0 Å². The van der Waals surface area contributed by atoms with Crippen molar-refractivity contribution >= 4 is 11.8 Å². The molecule has 1 unspecified atom stereocenters. The monoisotopic (exact) mass is 323 g/mol. The third-order valence-corrected chi connectivity index (χ3v) is 4.44. The van der Waals surface area contributed by atoms with E-state index >= 15 is 0 Å². The van der Waals surface area contributed by atoms with Crippen molar-refractivity contribution in [2.75, 3.05) is 6.79 Å². The van der Waals surface area contributed by atoms with E-state index in [9.17, 15) is 9.59 Å². The fraction of sp³-hybridized carbons (Fsp3) is 0.263. The zero-order valence-electron chi connectivity index (χ0n) is 13.1. The predicted molar refractivity (Wildman–Crippen MR) is 86.4 cm³/mol. The number of benzene rings is 2. The molecule has 5 nitrogen and oxygen atoms in total. The Bertz CT molecular complexity index is 787. The SMILES string of the molecule is O=C1CC(Cc2ccccc2)C(=O)N1Cc1ccc2c(c1)OCO2. The Balaban J connectivity index is 1.47. The van der Waals surface area contributed by atoms with Gasteiger partial charge in [-0.15, -0.1) is 0 Å². The standard InChI is InChI=1S/C19H17NO4/c21-18-10-15(8-13-4-2-1-3-5-13)19(22)20(18)11-14-6-7-16-17(9-14)24-12-23-16/h1-7,9,15H,8,10-12H2. The maximum Gasteiger partial charge on any atom is 0.233 e. The van der Waals surface area contributed by atoms with Crippen LogP contribution >= 0.6 is 0 Å². The Morgan fingerprint density at radius 3 is 2.58 bits per heavy atom. The molecule has 2 aromatic carbocycles. The molecule has 2 aliphatic rings. The Kier molecular flexibility index (Phi) is 3.69. The molecule has 24 heavy (non-hydrogen) atoms. The molecule has 4 rings (SSSR count). The van der Waals surface area contributed by atoms with E-state index in [0.717, 1.165) is 11.1 Å². The van der Waals surface area contributed by atoms with E-state index < -0.39 is 0 Å². The largest absolute Gasteiger partial charge is 0.454 e. The summed E-state index contributed by atoms with van der Waals surface area (Å²) in [5.41, 5.74) is 1.94. The van der Waals surface area contributed by atoms with Crippen molar-refractivity contribution in [1.29, 1.82) is 0 Å². The van der Waals surface area contributed by atoms with Gasteiger partial charge in [0.15, 0.2) is 11.5 Å². The lowest BCUT2D eigenvalue weighted by atomic mass is 9.98. The van der Waals surface area contributed by atoms with E-state index in [0.29, 0.717) is 17.9 Å². The van der Waals surface area contributed by atoms with Crippen LogP contribution in [0.25, 0.3) is 0 Å². The average Bonchev–Trinajstić information content (AvgIpc) is 3.16. The van der Waals surface area contributed by atoms with Crippen LogP contribution in [0.4, 0.5) is 0 Å². The summed E-state index contributed by atoms with van der Waals surface area (Å²) < 4.78 is 10.6. The summed E-state index contributed by atoms with van der Waals surface area (Å²) in [5, 5.41) is 0. The van der Waals surface area contributed by atoms with Gasteiger partial charge in [0, 0.05) is 6.42 Å². The molecule has 0 aromatic heterocycles. The first-order chi connectivity index (χ1) is 11.7. The van der Waals surface area contributed by atoms with Gasteiger partial charge in [0.05, 0.1) is 12.5 Å². The molecular formula is C19H17NO4. The molecule has 2 aliphatic heterocycles. The fourth-order valence-electron chi connectivity index (χ4n) is 3.20. The van der Waals surface area contributed by atoms with E-state index in [2.05, 4.69) is 0 Å². The van der Waals surface area contributed by atoms with Crippen molar-refractivity contribution in [1.82, 2.24) is 4.90 Å². The van der Waals surface area contributed by atoms with Crippen molar-refractivity contribution in [3.63, 3.8) is 0 Å². The van der Waals surface area contributed by atoms with Gasteiger partial charge in [0.25, 0.3) is 0 Å². The van der Waals surface area contributed by atoms with Crippen LogP contribution in [0.2, 0.25) is 0 Å². The number of carbonyl (C=O) groups excluding carboxylic acids is 2. The van der Waals surface area contributed by atoms with Crippen LogP contribution in [0.15, 0.2) is 48.5 Å². The molecule has 0 aliphatic carbocycles. The Hall–Kier alpha value is -2.82. The first kappa shape index (κ1) is 14.8. The Morgan fingerprint density at radius 1 is 0.958 bits per heavy atom. The molecule has 0 spiro atoms. The van der Waals surface area contributed by atoms with Crippen molar-refractivity contribution in [2.24, 2.45) is 5.92 Å². The first-order valence-electron chi connectivity index (χ1n) is 7.97. The van der Waals surface area contributed by atoms with Crippen LogP contribution in [0, 0.1) is 5.92 Å². The molecule has 2 amide bonds. The molecule has 1 fully saturated rings. The highest BCUT2D eigenvalue weighted by Gasteiger charge is 2.38. The lowest BCUT2D eigenvalue weighted by Crippen LogP contribution is -2.30. The van der Waals surface area contributed by atoms with Crippen LogP contribution in [-0.4, -0.2) is 23.5 Å². The lowest BCUT2D eigenvalue weighted by Gasteiger charge is -2.15. The van der Waals surface area contributed by atoms with Crippen LogP contribution in [0.5, 0.6) is 11.5 Å². The van der Waals surface area contributed by atoms with E-state index in [-0.39, 0.29) is 37.5 Å². The van der Waals surface area contributed by atoms with Gasteiger partial charge in [-0.1, -0.05) is 36.4 Å². The lowest BCUT2D eigenvalue weighted by molar-refractivity contribution is -0.140. The molecule has 122 valence electrons. The van der Waals surface area contributed by atoms with Crippen LogP contribution in [0.1, 0.15) is 17.5 Å². The van der Waals surface area contributed by atoms with Gasteiger partial charge < -0.3 is 9.47 Å². The minimum absolute atomic E-state index is 0.0958. The zero-order chi connectivity index (χ0) is 16.5. The fourth-order valence-corrected chi connectivity index (χ4v) is 3.20. The third kappa shape index (κ3) is 2.73. The van der Waals surface area contributed by atoms with Gasteiger partial charge in [-0.2, -0.15) is 0 Å². The minimum atomic E-state index is -0.270. The second kappa shape index (κ2) is 6.00. The zero-order valence-corrected chi connectivity index (χ0v) is 13.1. The maximum absolute atomic E-state index is 12.6. The second-order valence-corrected chi connectivity index (χ2v) is 6.10. The molecule has 2 aromatic rings. The summed E-state index contributed by atoms with van der Waals surface area (Å²) >= 11 is 0. The molecule has 0 saturated carbocycles. The first-order valence-corrected chi connectivity index (χ1v) is 7.97. The molecule has 5 heteroatoms. The maximum atomic E-state index is 12.6. The number of hydrogen-bond donors (Lipinski definition) is 0. The summed E-state index contributed by atoms with van der Waals surface area (Å²) in [7, 11) is 0. The number of rotatable bonds is 4. The number of carbonyl (C=O) groups is 2. The smallest absolute Gasteiger partial charge is 0.233 e. The second-order valence-electron chi connectivity index (χ2n) is 6.10. The van der Waals surface area contributed by atoms with Gasteiger partial charge in [0.1, 0.15) is 0 Å². The highest BCUT2D eigenvalue weighted by Crippen LogP contribution is 2.33. The number of fused-ring (bicyclic) bond motifs is 1. The van der Waals surface area contributed by atoms with Crippen LogP contribution in [0.3, 0.4) is 0 Å². The summed E-state index contributed by atoms with van der Waals surface area (Å²) in [4.78, 5) is 26.2. The molecule has 2 heterocycles. The molecule has 1 atom stereocenters. The molecule has 1 saturated heterocycles. The van der Waals surface area contributed by atoms with Gasteiger partial charge in [0.2, 0.25) is 18.6 Å². The molecule has 0 radical (unpaired) electrons. The van der Waals surface area contributed by atoms with Gasteiger partial charge in [-0.25, -0.2) is 0 Å². The molecule has 0 N–H and O–H groups in total. The highest BCUT2D eigenvalue weighted by atomic mass is 16.7. The molecular weight excluding hydrogens is 306 g/mol. The van der Waals surface area contributed by atoms with E-state index in [1.807, 2.05) is 48.5 Å². The third-order valence-electron chi connectivity index (χ3n) is 4.44. The van der Waals surface area contributed by atoms with Crippen molar-refractivity contribution < 1.29 is 19.1 Å². The number of amides is 2. The number of likely N-dealkylation sites (tertiary alicyclic amines) is 1. The van der Waals surface area contributed by atoms with Gasteiger partial charge in [-0.3, -0.25) is 14.5 Å². The molecule has 0 bridgehead atoms. The summed E-state index contributed by atoms with van der Waals surface area (Å²) in [6.07, 6.45) is 0.876. The van der Waals surface area contributed by atoms with E-state index in [1.165, 1.54) is 4.90 Å². The van der Waals surface area contributed by atoms with Crippen LogP contribution < -0.4 is 9.47 Å². The Morgan fingerprint density at radius 2 is 1.75 bits per heavy atom. The van der Waals surface area contributed by atoms with Crippen molar-refractivity contribution in [2.45, 2.75) is 19.4 Å². The summed E-state index contributed by atoms with van der Waals surface area (Å²) in [5.74, 6) is 0.876. The van der Waals surface area contributed by atoms with Gasteiger partial charge in [-0.05, 0) is 29.7 Å². The van der Waals surface area contributed by atoms with E-state index in [1.54, 1.807) is 0 Å². The van der Waals surface area contributed by atoms with Crippen molar-refractivity contribution in [3.05, 3.63) is 59.7 Å². The highest BCUT2D eigenvalue weighted by molar-refractivity contribution is 6.03. The Labute approximate surface area is 139 Å². The normalized spacial score (nSPS) is 19.2. The number of imide groups is 1. The van der Waals surface area contributed by atoms with Crippen LogP contribution in [-0.2, 0) is 22.6 Å². The average molecular weight is 323 g/mol. The van der Waals surface area contributed by atoms with E-state index in [4.69, 9.17) is 9.47 Å². The summed E-state index contributed by atoms with van der Waals surface area (Å²) in [6, 6.07) is 15.3. The number of nitrogens with zero attached hydrogens (tertiary/aromatic N) is 1. The number of ether oxygens (including phenoxy) is 2. The quantitative estimate of drug-likeness (QED) is 0.812.